The molecular formula is C23H19F3N2O4. The monoisotopic (exact) mass is 444 g/mol. The Morgan fingerprint density at radius 2 is 1.81 bits per heavy atom. The second-order valence-corrected chi connectivity index (χ2v) is 7.26. The molecule has 0 unspecified atom stereocenters. The van der Waals surface area contributed by atoms with E-state index in [-0.39, 0.29) is 35.6 Å². The van der Waals surface area contributed by atoms with Gasteiger partial charge in [0.25, 0.3) is 5.56 Å². The van der Waals surface area contributed by atoms with Gasteiger partial charge >= 0.3 is 0 Å². The van der Waals surface area contributed by atoms with Crippen molar-refractivity contribution in [3.05, 3.63) is 88.0 Å². The Hall–Kier alpha value is -3.56. The van der Waals surface area contributed by atoms with Gasteiger partial charge in [-0.3, -0.25) is 9.89 Å². The number of para-hydroxylation sites is 1. The van der Waals surface area contributed by atoms with Gasteiger partial charge in [-0.2, -0.15) is 0 Å². The summed E-state index contributed by atoms with van der Waals surface area (Å²) >= 11 is 0. The number of halogens is 3. The first-order chi connectivity index (χ1) is 15.4. The van der Waals surface area contributed by atoms with Crippen LogP contribution in [0.2, 0.25) is 0 Å². The minimum atomic E-state index is -1.09. The van der Waals surface area contributed by atoms with Crippen LogP contribution in [-0.4, -0.2) is 32.7 Å². The van der Waals surface area contributed by atoms with Crippen molar-refractivity contribution in [2.75, 3.05) is 6.61 Å². The van der Waals surface area contributed by atoms with E-state index in [0.29, 0.717) is 16.5 Å². The molecule has 3 aromatic carbocycles. The maximum absolute atomic E-state index is 14.6. The Morgan fingerprint density at radius 1 is 1.00 bits per heavy atom. The van der Waals surface area contributed by atoms with Gasteiger partial charge in [-0.05, 0) is 35.9 Å². The lowest BCUT2D eigenvalue weighted by Crippen LogP contribution is -2.27. The molecule has 0 saturated heterocycles. The Bertz CT molecular complexity index is 1330. The first-order valence-electron chi connectivity index (χ1n) is 9.74. The highest BCUT2D eigenvalue weighted by molar-refractivity contribution is 5.81. The Balaban J connectivity index is 1.56. The second kappa shape index (κ2) is 8.89. The molecule has 0 aliphatic heterocycles. The molecule has 4 rings (SSSR count). The molecule has 0 aliphatic carbocycles. The molecule has 6 nitrogen and oxygen atoms in total. The van der Waals surface area contributed by atoms with Crippen molar-refractivity contribution in [3.8, 4) is 16.9 Å². The van der Waals surface area contributed by atoms with E-state index < -0.39 is 30.2 Å². The molecule has 166 valence electrons. The molecule has 0 spiro atoms. The van der Waals surface area contributed by atoms with E-state index in [0.717, 1.165) is 18.2 Å². The molecule has 1 aromatic heterocycles. The summed E-state index contributed by atoms with van der Waals surface area (Å²) in [4.78, 5) is 12.5. The largest absolute Gasteiger partial charge is 0.489 e. The van der Waals surface area contributed by atoms with Gasteiger partial charge in [-0.1, -0.05) is 18.2 Å². The van der Waals surface area contributed by atoms with Crippen molar-refractivity contribution >= 4 is 10.9 Å². The zero-order chi connectivity index (χ0) is 22.8. The van der Waals surface area contributed by atoms with Gasteiger partial charge in [0.1, 0.15) is 18.2 Å². The molecule has 32 heavy (non-hydrogen) atoms. The van der Waals surface area contributed by atoms with Crippen molar-refractivity contribution in [2.45, 2.75) is 19.3 Å². The number of ether oxygens (including phenoxy) is 1. The highest BCUT2D eigenvalue weighted by Gasteiger charge is 2.14. The van der Waals surface area contributed by atoms with Crippen LogP contribution in [0, 0.1) is 17.5 Å². The quantitative estimate of drug-likeness (QED) is 0.408. The SMILES string of the molecule is O=c1c2cccc(COc3ccc(-c4ccc(F)c(F)c4)c(F)c3)c2[nH]n1C[C@@H](O)CO. The van der Waals surface area contributed by atoms with Gasteiger partial charge < -0.3 is 14.9 Å². The average molecular weight is 444 g/mol. The summed E-state index contributed by atoms with van der Waals surface area (Å²) in [6.45, 7) is -0.561. The zero-order valence-electron chi connectivity index (χ0n) is 16.7. The van der Waals surface area contributed by atoms with Crippen LogP contribution in [0.25, 0.3) is 22.0 Å². The number of nitrogens with one attached hydrogen (secondary N) is 1. The predicted octanol–water partition coefficient (Wildman–Crippen LogP) is 3.35. The molecule has 0 bridgehead atoms. The lowest BCUT2D eigenvalue weighted by Gasteiger charge is -2.10. The number of H-pyrrole nitrogens is 1. The van der Waals surface area contributed by atoms with E-state index in [1.54, 1.807) is 18.2 Å². The van der Waals surface area contributed by atoms with E-state index in [4.69, 9.17) is 9.84 Å². The third-order valence-corrected chi connectivity index (χ3v) is 5.04. The van der Waals surface area contributed by atoms with Gasteiger partial charge in [0.05, 0.1) is 30.2 Å². The van der Waals surface area contributed by atoms with Crippen molar-refractivity contribution < 1.29 is 28.1 Å². The summed E-state index contributed by atoms with van der Waals surface area (Å²) in [6, 6.07) is 12.2. The molecule has 9 heteroatoms. The lowest BCUT2D eigenvalue weighted by atomic mass is 10.0. The van der Waals surface area contributed by atoms with Crippen LogP contribution in [0.5, 0.6) is 5.75 Å². The fourth-order valence-corrected chi connectivity index (χ4v) is 3.40. The zero-order valence-corrected chi connectivity index (χ0v) is 16.7. The third-order valence-electron chi connectivity index (χ3n) is 5.04. The van der Waals surface area contributed by atoms with E-state index >= 15 is 0 Å². The highest BCUT2D eigenvalue weighted by atomic mass is 19.2. The van der Waals surface area contributed by atoms with Crippen LogP contribution in [0.3, 0.4) is 0 Å². The number of aliphatic hydroxyl groups excluding tert-OH is 2. The molecule has 0 aliphatic rings. The molecule has 0 amide bonds. The first-order valence-corrected chi connectivity index (χ1v) is 9.74. The maximum Gasteiger partial charge on any atom is 0.274 e. The van der Waals surface area contributed by atoms with E-state index in [1.165, 1.54) is 22.9 Å². The summed E-state index contributed by atoms with van der Waals surface area (Å²) in [5.41, 5.74) is 1.07. The van der Waals surface area contributed by atoms with Crippen molar-refractivity contribution in [2.24, 2.45) is 0 Å². The molecule has 4 aromatic rings. The number of rotatable bonds is 7. The Morgan fingerprint density at radius 3 is 2.53 bits per heavy atom. The maximum atomic E-state index is 14.6. The van der Waals surface area contributed by atoms with Crippen LogP contribution in [0.1, 0.15) is 5.56 Å². The molecule has 0 fully saturated rings. The predicted molar refractivity (Wildman–Crippen MR) is 112 cm³/mol. The summed E-state index contributed by atoms with van der Waals surface area (Å²) < 4.78 is 48.0. The van der Waals surface area contributed by atoms with Gasteiger partial charge in [0, 0.05) is 17.2 Å². The number of hydrogen-bond donors (Lipinski definition) is 3. The Labute approximate surface area is 180 Å². The number of hydrogen-bond acceptors (Lipinski definition) is 4. The van der Waals surface area contributed by atoms with Crippen molar-refractivity contribution in [1.82, 2.24) is 9.78 Å². The van der Waals surface area contributed by atoms with E-state index in [9.17, 15) is 23.1 Å². The van der Waals surface area contributed by atoms with Crippen LogP contribution in [0.4, 0.5) is 13.2 Å². The number of aromatic nitrogens is 2. The van der Waals surface area contributed by atoms with Crippen molar-refractivity contribution in [3.63, 3.8) is 0 Å². The smallest absolute Gasteiger partial charge is 0.274 e. The molecular weight excluding hydrogens is 425 g/mol. The van der Waals surface area contributed by atoms with Crippen LogP contribution in [-0.2, 0) is 13.2 Å². The second-order valence-electron chi connectivity index (χ2n) is 7.26. The first kappa shape index (κ1) is 21.7. The molecule has 1 heterocycles. The standard InChI is InChI=1S/C23H19F3N2O4/c24-19-7-4-13(8-21(19)26)17-6-5-16(9-20(17)25)32-12-14-2-1-3-18-22(14)27-28(23(18)31)10-15(30)11-29/h1-9,15,27,29-30H,10-12H2/t15-/m1/s1. The molecule has 1 atom stereocenters. The molecule has 0 saturated carbocycles. The summed E-state index contributed by atoms with van der Waals surface area (Å²) in [5.74, 6) is -2.53. The van der Waals surface area contributed by atoms with Crippen LogP contribution < -0.4 is 10.3 Å². The fourth-order valence-electron chi connectivity index (χ4n) is 3.40. The topological polar surface area (TPSA) is 87.5 Å². The third kappa shape index (κ3) is 4.25. The minimum Gasteiger partial charge on any atom is -0.489 e. The highest BCUT2D eigenvalue weighted by Crippen LogP contribution is 2.28. The molecule has 0 radical (unpaired) electrons. The number of aliphatic hydroxyl groups is 2. The van der Waals surface area contributed by atoms with Crippen molar-refractivity contribution in [1.29, 1.82) is 0 Å². The number of fused-ring (bicyclic) bond motifs is 1. The molecule has 3 N–H and O–H groups in total. The number of aromatic amines is 1. The normalized spacial score (nSPS) is 12.3. The van der Waals surface area contributed by atoms with Crippen LogP contribution >= 0.6 is 0 Å². The van der Waals surface area contributed by atoms with Crippen LogP contribution in [0.15, 0.2) is 59.4 Å². The summed E-state index contributed by atoms with van der Waals surface area (Å²) in [7, 11) is 0. The average Bonchev–Trinajstić information content (AvgIpc) is 3.10. The summed E-state index contributed by atoms with van der Waals surface area (Å²) in [6.07, 6.45) is -1.09. The van der Waals surface area contributed by atoms with Gasteiger partial charge in [-0.15, -0.1) is 0 Å². The van der Waals surface area contributed by atoms with Gasteiger partial charge in [0.2, 0.25) is 0 Å². The number of benzene rings is 3. The summed E-state index contributed by atoms with van der Waals surface area (Å²) in [5, 5.41) is 21.9. The Kier molecular flexibility index (Phi) is 6.02. The van der Waals surface area contributed by atoms with E-state index in [1.807, 2.05) is 0 Å². The van der Waals surface area contributed by atoms with E-state index in [2.05, 4.69) is 5.10 Å². The minimum absolute atomic E-state index is 0.0177. The van der Waals surface area contributed by atoms with Gasteiger partial charge in [-0.25, -0.2) is 17.9 Å². The van der Waals surface area contributed by atoms with Gasteiger partial charge in [0.15, 0.2) is 11.6 Å². The fraction of sp³-hybridized carbons (Fsp3) is 0.174. The number of nitrogens with zero attached hydrogens (tertiary/aromatic N) is 1. The lowest BCUT2D eigenvalue weighted by molar-refractivity contribution is 0.0776.